The first kappa shape index (κ1) is 10.4. The molecule has 0 spiro atoms. The average molecular weight is 265 g/mol. The van der Waals surface area contributed by atoms with Crippen molar-refractivity contribution in [2.24, 2.45) is 5.73 Å². The molecule has 0 unspecified atom stereocenters. The SMILES string of the molecule is NCc1cc([N+](=O)[O-])cc(Br)c1Cl. The Balaban J connectivity index is 3.30. The zero-order chi connectivity index (χ0) is 10.0. The Hall–Kier alpha value is -0.650. The van der Waals surface area contributed by atoms with E-state index in [1.165, 1.54) is 12.1 Å². The molecule has 0 aromatic heterocycles. The second-order valence-corrected chi connectivity index (χ2v) is 3.59. The van der Waals surface area contributed by atoms with E-state index in [0.717, 1.165) is 0 Å². The zero-order valence-corrected chi connectivity index (χ0v) is 8.80. The minimum Gasteiger partial charge on any atom is -0.326 e. The van der Waals surface area contributed by atoms with Crippen molar-refractivity contribution in [3.63, 3.8) is 0 Å². The van der Waals surface area contributed by atoms with Gasteiger partial charge >= 0.3 is 0 Å². The molecule has 0 saturated carbocycles. The zero-order valence-electron chi connectivity index (χ0n) is 6.46. The first-order chi connectivity index (χ1) is 6.06. The van der Waals surface area contributed by atoms with Crippen molar-refractivity contribution in [1.82, 2.24) is 0 Å². The van der Waals surface area contributed by atoms with E-state index in [9.17, 15) is 10.1 Å². The number of nitrogens with zero attached hydrogens (tertiary/aromatic N) is 1. The third kappa shape index (κ3) is 2.18. The van der Waals surface area contributed by atoms with E-state index in [0.29, 0.717) is 15.1 Å². The van der Waals surface area contributed by atoms with Crippen molar-refractivity contribution in [3.05, 3.63) is 37.3 Å². The van der Waals surface area contributed by atoms with Crippen molar-refractivity contribution in [2.45, 2.75) is 6.54 Å². The van der Waals surface area contributed by atoms with Gasteiger partial charge in [0.2, 0.25) is 0 Å². The number of nitro groups is 1. The van der Waals surface area contributed by atoms with Gasteiger partial charge in [-0.2, -0.15) is 0 Å². The maximum Gasteiger partial charge on any atom is 0.270 e. The summed E-state index contributed by atoms with van der Waals surface area (Å²) in [6.07, 6.45) is 0. The van der Waals surface area contributed by atoms with Crippen LogP contribution in [-0.2, 0) is 6.54 Å². The molecule has 0 heterocycles. The molecule has 1 aromatic rings. The lowest BCUT2D eigenvalue weighted by atomic mass is 10.2. The van der Waals surface area contributed by atoms with Gasteiger partial charge in [0.25, 0.3) is 5.69 Å². The molecule has 0 aliphatic heterocycles. The van der Waals surface area contributed by atoms with Crippen LogP contribution in [0.1, 0.15) is 5.56 Å². The maximum absolute atomic E-state index is 10.4. The summed E-state index contributed by atoms with van der Waals surface area (Å²) >= 11 is 8.93. The predicted molar refractivity (Wildman–Crippen MR) is 53.7 cm³/mol. The lowest BCUT2D eigenvalue weighted by Gasteiger charge is -2.02. The Morgan fingerprint density at radius 2 is 2.23 bits per heavy atom. The molecule has 13 heavy (non-hydrogen) atoms. The van der Waals surface area contributed by atoms with Crippen molar-refractivity contribution in [1.29, 1.82) is 0 Å². The number of hydrogen-bond acceptors (Lipinski definition) is 3. The number of halogens is 2. The molecule has 4 nitrogen and oxygen atoms in total. The molecule has 0 fully saturated rings. The minimum absolute atomic E-state index is 0.0169. The lowest BCUT2D eigenvalue weighted by molar-refractivity contribution is -0.385. The van der Waals surface area contributed by atoms with Gasteiger partial charge in [-0.05, 0) is 21.5 Å². The van der Waals surface area contributed by atoms with Gasteiger partial charge in [0.05, 0.1) is 9.95 Å². The number of hydrogen-bond donors (Lipinski definition) is 1. The van der Waals surface area contributed by atoms with E-state index < -0.39 is 4.92 Å². The molecule has 1 aromatic carbocycles. The lowest BCUT2D eigenvalue weighted by Crippen LogP contribution is -1.99. The summed E-state index contributed by atoms with van der Waals surface area (Å²) in [5.74, 6) is 0. The molecule has 6 heteroatoms. The molecule has 2 N–H and O–H groups in total. The van der Waals surface area contributed by atoms with Crippen LogP contribution in [0.3, 0.4) is 0 Å². The van der Waals surface area contributed by atoms with E-state index >= 15 is 0 Å². The third-order valence-electron chi connectivity index (χ3n) is 1.52. The fraction of sp³-hybridized carbons (Fsp3) is 0.143. The highest BCUT2D eigenvalue weighted by atomic mass is 79.9. The molecule has 0 aliphatic carbocycles. The number of non-ortho nitro benzene ring substituents is 1. The van der Waals surface area contributed by atoms with Crippen LogP contribution < -0.4 is 5.73 Å². The summed E-state index contributed by atoms with van der Waals surface area (Å²) in [5, 5.41) is 10.9. The molecular weight excluding hydrogens is 259 g/mol. The van der Waals surface area contributed by atoms with Gasteiger partial charge in [0, 0.05) is 23.2 Å². The van der Waals surface area contributed by atoms with Crippen LogP contribution in [0.4, 0.5) is 5.69 Å². The van der Waals surface area contributed by atoms with Crippen LogP contribution in [0.25, 0.3) is 0 Å². The van der Waals surface area contributed by atoms with E-state index in [2.05, 4.69) is 15.9 Å². The van der Waals surface area contributed by atoms with E-state index in [-0.39, 0.29) is 12.2 Å². The Morgan fingerprint density at radius 1 is 1.62 bits per heavy atom. The summed E-state index contributed by atoms with van der Waals surface area (Å²) in [5.41, 5.74) is 5.90. The van der Waals surface area contributed by atoms with Crippen molar-refractivity contribution >= 4 is 33.2 Å². The van der Waals surface area contributed by atoms with Gasteiger partial charge in [-0.3, -0.25) is 10.1 Å². The topological polar surface area (TPSA) is 69.2 Å². The Bertz CT molecular complexity index is 357. The maximum atomic E-state index is 10.4. The number of nitrogens with two attached hydrogens (primary N) is 1. The molecule has 1 rings (SSSR count). The fourth-order valence-corrected chi connectivity index (χ4v) is 1.56. The van der Waals surface area contributed by atoms with Gasteiger partial charge in [0.15, 0.2) is 0 Å². The number of rotatable bonds is 2. The van der Waals surface area contributed by atoms with Gasteiger partial charge in [-0.15, -0.1) is 0 Å². The van der Waals surface area contributed by atoms with Crippen molar-refractivity contribution in [2.75, 3.05) is 0 Å². The highest BCUT2D eigenvalue weighted by Gasteiger charge is 2.12. The number of nitro benzene ring substituents is 1. The van der Waals surface area contributed by atoms with Crippen LogP contribution in [0, 0.1) is 10.1 Å². The minimum atomic E-state index is -0.486. The first-order valence-electron chi connectivity index (χ1n) is 3.38. The molecule has 0 amide bonds. The molecule has 0 radical (unpaired) electrons. The third-order valence-corrected chi connectivity index (χ3v) is 2.82. The van der Waals surface area contributed by atoms with Crippen LogP contribution in [0.15, 0.2) is 16.6 Å². The normalized spacial score (nSPS) is 10.1. The standard InChI is InChI=1S/C7H6BrClN2O2/c8-6-2-5(11(12)13)1-4(3-10)7(6)9/h1-2H,3,10H2. The van der Waals surface area contributed by atoms with Crippen LogP contribution in [0.2, 0.25) is 5.02 Å². The van der Waals surface area contributed by atoms with E-state index in [1.54, 1.807) is 0 Å². The molecule has 0 bridgehead atoms. The van der Waals surface area contributed by atoms with E-state index in [1.807, 2.05) is 0 Å². The summed E-state index contributed by atoms with van der Waals surface area (Å²) in [4.78, 5) is 9.95. The van der Waals surface area contributed by atoms with Crippen LogP contribution in [-0.4, -0.2) is 4.92 Å². The predicted octanol–water partition coefficient (Wildman–Crippen LogP) is 2.47. The fourth-order valence-electron chi connectivity index (χ4n) is 0.884. The monoisotopic (exact) mass is 264 g/mol. The molecule has 70 valence electrons. The van der Waals surface area contributed by atoms with Gasteiger partial charge in [-0.25, -0.2) is 0 Å². The summed E-state index contributed by atoms with van der Waals surface area (Å²) < 4.78 is 0.490. The highest BCUT2D eigenvalue weighted by Crippen LogP contribution is 2.30. The largest absolute Gasteiger partial charge is 0.326 e. The highest BCUT2D eigenvalue weighted by molar-refractivity contribution is 9.10. The summed E-state index contributed by atoms with van der Waals surface area (Å²) in [6, 6.07) is 2.72. The average Bonchev–Trinajstić information content (AvgIpc) is 2.09. The second-order valence-electron chi connectivity index (χ2n) is 2.36. The Morgan fingerprint density at radius 3 is 2.69 bits per heavy atom. The smallest absolute Gasteiger partial charge is 0.270 e. The molecular formula is C7H6BrClN2O2. The summed E-state index contributed by atoms with van der Waals surface area (Å²) in [6.45, 7) is 0.180. The molecule has 0 saturated heterocycles. The summed E-state index contributed by atoms with van der Waals surface area (Å²) in [7, 11) is 0. The van der Waals surface area contributed by atoms with Gasteiger partial charge in [-0.1, -0.05) is 11.6 Å². The second kappa shape index (κ2) is 4.04. The van der Waals surface area contributed by atoms with Crippen molar-refractivity contribution < 1.29 is 4.92 Å². The molecule has 0 atom stereocenters. The molecule has 0 aliphatic rings. The van der Waals surface area contributed by atoms with Gasteiger partial charge in [0.1, 0.15) is 0 Å². The van der Waals surface area contributed by atoms with Crippen molar-refractivity contribution in [3.8, 4) is 0 Å². The first-order valence-corrected chi connectivity index (χ1v) is 4.55. The van der Waals surface area contributed by atoms with E-state index in [4.69, 9.17) is 17.3 Å². The van der Waals surface area contributed by atoms with Crippen LogP contribution in [0.5, 0.6) is 0 Å². The Labute approximate surface area is 88.0 Å². The number of benzene rings is 1. The Kier molecular flexibility index (Phi) is 3.24. The quantitative estimate of drug-likeness (QED) is 0.659. The van der Waals surface area contributed by atoms with Crippen LogP contribution >= 0.6 is 27.5 Å². The van der Waals surface area contributed by atoms with Gasteiger partial charge < -0.3 is 5.73 Å².